The first-order valence-electron chi connectivity index (χ1n) is 4.76. The van der Waals surface area contributed by atoms with Gasteiger partial charge in [0, 0.05) is 17.1 Å². The number of nitrogens with zero attached hydrogens (tertiary/aromatic N) is 3. The zero-order valence-electron chi connectivity index (χ0n) is 8.29. The maximum Gasteiger partial charge on any atom is 0.220 e. The number of fused-ring (bicyclic) bond motifs is 1. The molecule has 2 heterocycles. The van der Waals surface area contributed by atoms with E-state index in [-0.39, 0.29) is 5.95 Å². The number of aromatic nitrogens is 3. The number of nitrogens with two attached hydrogens (primary N) is 1. The molecule has 5 nitrogen and oxygen atoms in total. The van der Waals surface area contributed by atoms with Crippen LogP contribution in [0.2, 0.25) is 0 Å². The maximum atomic E-state index is 5.54. The first-order chi connectivity index (χ1) is 7.83. The third-order valence-electron chi connectivity index (χ3n) is 2.32. The van der Waals surface area contributed by atoms with Gasteiger partial charge in [-0.2, -0.15) is 0 Å². The van der Waals surface area contributed by atoms with Crippen LogP contribution in [0, 0.1) is 0 Å². The third kappa shape index (κ3) is 1.38. The lowest BCUT2D eigenvalue weighted by atomic mass is 10.1. The van der Waals surface area contributed by atoms with Crippen molar-refractivity contribution in [3.8, 4) is 11.3 Å². The molecule has 0 radical (unpaired) electrons. The molecule has 0 saturated heterocycles. The van der Waals surface area contributed by atoms with E-state index in [2.05, 4.69) is 15.1 Å². The molecule has 0 bridgehead atoms. The van der Waals surface area contributed by atoms with Gasteiger partial charge in [-0.15, -0.1) is 0 Å². The molecule has 3 aromatic rings. The second-order valence-electron chi connectivity index (χ2n) is 3.38. The molecule has 0 aliphatic rings. The summed E-state index contributed by atoms with van der Waals surface area (Å²) < 4.78 is 5.03. The Hall–Kier alpha value is -2.43. The predicted octanol–water partition coefficient (Wildman–Crippen LogP) is 1.87. The summed E-state index contributed by atoms with van der Waals surface area (Å²) in [6.07, 6.45) is 3.30. The Bertz CT molecular complexity index is 647. The number of anilines is 1. The van der Waals surface area contributed by atoms with Crippen LogP contribution >= 0.6 is 0 Å². The summed E-state index contributed by atoms with van der Waals surface area (Å²) >= 11 is 0. The minimum atomic E-state index is 0.267. The molecule has 0 saturated carbocycles. The molecule has 16 heavy (non-hydrogen) atoms. The number of hydrogen-bond acceptors (Lipinski definition) is 5. The molecule has 1 aromatic carbocycles. The lowest BCUT2D eigenvalue weighted by Gasteiger charge is -2.00. The van der Waals surface area contributed by atoms with Crippen LogP contribution in [0.3, 0.4) is 0 Å². The molecule has 0 unspecified atom stereocenters. The van der Waals surface area contributed by atoms with Crippen LogP contribution in [0.15, 0.2) is 41.2 Å². The van der Waals surface area contributed by atoms with Gasteiger partial charge in [0.2, 0.25) is 5.95 Å². The van der Waals surface area contributed by atoms with Gasteiger partial charge in [-0.1, -0.05) is 5.16 Å². The summed E-state index contributed by atoms with van der Waals surface area (Å²) in [5.74, 6) is 0.267. The van der Waals surface area contributed by atoms with Gasteiger partial charge in [0.05, 0.1) is 11.9 Å². The molecule has 0 fully saturated rings. The monoisotopic (exact) mass is 212 g/mol. The zero-order chi connectivity index (χ0) is 11.0. The molecule has 0 spiro atoms. The van der Waals surface area contributed by atoms with Crippen molar-refractivity contribution >= 4 is 16.9 Å². The Balaban J connectivity index is 2.18. The molecule has 5 heteroatoms. The molecule has 3 rings (SSSR count). The fourth-order valence-corrected chi connectivity index (χ4v) is 1.57. The largest absolute Gasteiger partial charge is 0.368 e. The van der Waals surface area contributed by atoms with E-state index in [4.69, 9.17) is 10.3 Å². The van der Waals surface area contributed by atoms with Crippen LogP contribution in [0.25, 0.3) is 22.2 Å². The van der Waals surface area contributed by atoms with Crippen LogP contribution in [0.4, 0.5) is 5.95 Å². The van der Waals surface area contributed by atoms with Crippen LogP contribution in [-0.4, -0.2) is 15.1 Å². The maximum absolute atomic E-state index is 5.54. The number of nitrogen functional groups attached to an aromatic ring is 1. The summed E-state index contributed by atoms with van der Waals surface area (Å²) in [6, 6.07) is 7.53. The normalized spacial score (nSPS) is 10.8. The summed E-state index contributed by atoms with van der Waals surface area (Å²) in [5.41, 5.74) is 8.04. The molecule has 0 aliphatic carbocycles. The van der Waals surface area contributed by atoms with E-state index in [0.717, 1.165) is 22.2 Å². The zero-order valence-corrected chi connectivity index (χ0v) is 8.29. The Morgan fingerprint density at radius 1 is 1.19 bits per heavy atom. The Labute approximate surface area is 90.9 Å². The molecule has 0 aliphatic heterocycles. The highest BCUT2D eigenvalue weighted by atomic mass is 16.5. The van der Waals surface area contributed by atoms with Crippen molar-refractivity contribution in [3.63, 3.8) is 0 Å². The summed E-state index contributed by atoms with van der Waals surface area (Å²) in [4.78, 5) is 8.00. The smallest absolute Gasteiger partial charge is 0.220 e. The predicted molar refractivity (Wildman–Crippen MR) is 59.4 cm³/mol. The minimum Gasteiger partial charge on any atom is -0.368 e. The summed E-state index contributed by atoms with van der Waals surface area (Å²) in [6.45, 7) is 0. The molecule has 2 aromatic heterocycles. The second-order valence-corrected chi connectivity index (χ2v) is 3.38. The van der Waals surface area contributed by atoms with Gasteiger partial charge in [-0.25, -0.2) is 9.97 Å². The minimum absolute atomic E-state index is 0.267. The van der Waals surface area contributed by atoms with Crippen molar-refractivity contribution in [2.24, 2.45) is 0 Å². The SMILES string of the molecule is Nc1nccc(-c2ccc3oncc3c2)n1. The van der Waals surface area contributed by atoms with Crippen molar-refractivity contribution < 1.29 is 4.52 Å². The van der Waals surface area contributed by atoms with Gasteiger partial charge in [0.25, 0.3) is 0 Å². The van der Waals surface area contributed by atoms with E-state index in [0.29, 0.717) is 0 Å². The van der Waals surface area contributed by atoms with Crippen molar-refractivity contribution in [3.05, 3.63) is 36.7 Å². The Morgan fingerprint density at radius 2 is 2.12 bits per heavy atom. The van der Waals surface area contributed by atoms with Crippen LogP contribution in [-0.2, 0) is 0 Å². The fourth-order valence-electron chi connectivity index (χ4n) is 1.57. The number of benzene rings is 1. The van der Waals surface area contributed by atoms with Gasteiger partial charge in [0.1, 0.15) is 0 Å². The van der Waals surface area contributed by atoms with Crippen LogP contribution in [0.1, 0.15) is 0 Å². The molecule has 0 amide bonds. The van der Waals surface area contributed by atoms with E-state index >= 15 is 0 Å². The summed E-state index contributed by atoms with van der Waals surface area (Å²) in [5, 5.41) is 4.66. The van der Waals surface area contributed by atoms with E-state index < -0.39 is 0 Å². The van der Waals surface area contributed by atoms with Gasteiger partial charge in [-0.05, 0) is 24.3 Å². The van der Waals surface area contributed by atoms with E-state index in [1.54, 1.807) is 12.4 Å². The van der Waals surface area contributed by atoms with Crippen molar-refractivity contribution in [1.82, 2.24) is 15.1 Å². The Kier molecular flexibility index (Phi) is 1.83. The highest BCUT2D eigenvalue weighted by Gasteiger charge is 2.03. The molecular formula is C11H8N4O. The van der Waals surface area contributed by atoms with Gasteiger partial charge in [0.15, 0.2) is 5.58 Å². The number of hydrogen-bond donors (Lipinski definition) is 1. The molecular weight excluding hydrogens is 204 g/mol. The van der Waals surface area contributed by atoms with Gasteiger partial charge < -0.3 is 10.3 Å². The molecule has 2 N–H and O–H groups in total. The molecule has 0 atom stereocenters. The van der Waals surface area contributed by atoms with E-state index in [1.165, 1.54) is 0 Å². The first-order valence-corrected chi connectivity index (χ1v) is 4.76. The highest BCUT2D eigenvalue weighted by Crippen LogP contribution is 2.22. The van der Waals surface area contributed by atoms with Crippen LogP contribution in [0.5, 0.6) is 0 Å². The lowest BCUT2D eigenvalue weighted by molar-refractivity contribution is 0.456. The van der Waals surface area contributed by atoms with E-state index in [9.17, 15) is 0 Å². The van der Waals surface area contributed by atoms with Crippen LogP contribution < -0.4 is 5.73 Å². The standard InChI is InChI=1S/C11H8N4O/c12-11-13-4-3-9(15-11)7-1-2-10-8(5-7)6-14-16-10/h1-6H,(H2,12,13,15). The average molecular weight is 212 g/mol. The topological polar surface area (TPSA) is 77.8 Å². The van der Waals surface area contributed by atoms with Gasteiger partial charge >= 0.3 is 0 Å². The summed E-state index contributed by atoms with van der Waals surface area (Å²) in [7, 11) is 0. The van der Waals surface area contributed by atoms with Crippen molar-refractivity contribution in [2.75, 3.05) is 5.73 Å². The highest BCUT2D eigenvalue weighted by molar-refractivity contribution is 5.81. The second kappa shape index (κ2) is 3.30. The van der Waals surface area contributed by atoms with Gasteiger partial charge in [-0.3, -0.25) is 0 Å². The van der Waals surface area contributed by atoms with E-state index in [1.807, 2.05) is 24.3 Å². The first kappa shape index (κ1) is 8.84. The number of rotatable bonds is 1. The lowest BCUT2D eigenvalue weighted by Crippen LogP contribution is -1.94. The Morgan fingerprint density at radius 3 is 3.00 bits per heavy atom. The quantitative estimate of drug-likeness (QED) is 0.666. The third-order valence-corrected chi connectivity index (χ3v) is 2.32. The fraction of sp³-hybridized carbons (Fsp3) is 0. The van der Waals surface area contributed by atoms with Crippen molar-refractivity contribution in [1.29, 1.82) is 0 Å². The van der Waals surface area contributed by atoms with Crippen molar-refractivity contribution in [2.45, 2.75) is 0 Å². The molecule has 78 valence electrons. The average Bonchev–Trinajstić information content (AvgIpc) is 2.75.